The molecule has 0 spiro atoms. The molecule has 17 heavy (non-hydrogen) atoms. The predicted molar refractivity (Wildman–Crippen MR) is 73.8 cm³/mol. The van der Waals surface area contributed by atoms with Crippen LogP contribution in [-0.2, 0) is 17.3 Å². The Hall–Kier alpha value is -0.840. The highest BCUT2D eigenvalue weighted by atomic mass is 32.2. The standard InChI is InChI=1S/C12H23N3OS/c1-4-5-9-15-10-8-14-12(15)13-7-6-11(2)17(3)16/h8,10-11H,4-7,9H2,1-3H3,(H,13,14). The lowest BCUT2D eigenvalue weighted by Gasteiger charge is -2.11. The van der Waals surface area contributed by atoms with Crippen LogP contribution in [0.15, 0.2) is 12.4 Å². The summed E-state index contributed by atoms with van der Waals surface area (Å²) in [6, 6.07) is 0. The van der Waals surface area contributed by atoms with Crippen molar-refractivity contribution < 1.29 is 4.21 Å². The van der Waals surface area contributed by atoms with E-state index in [0.717, 1.165) is 25.5 Å². The highest BCUT2D eigenvalue weighted by molar-refractivity contribution is 7.84. The van der Waals surface area contributed by atoms with E-state index in [1.807, 2.05) is 19.3 Å². The normalized spacial score (nSPS) is 14.5. The monoisotopic (exact) mass is 257 g/mol. The number of imidazole rings is 1. The minimum atomic E-state index is -0.736. The van der Waals surface area contributed by atoms with Gasteiger partial charge >= 0.3 is 0 Å². The summed E-state index contributed by atoms with van der Waals surface area (Å²) in [5.41, 5.74) is 0. The Labute approximate surface area is 106 Å². The van der Waals surface area contributed by atoms with E-state index in [-0.39, 0.29) is 5.25 Å². The van der Waals surface area contributed by atoms with E-state index in [4.69, 9.17) is 0 Å². The van der Waals surface area contributed by atoms with Crippen LogP contribution in [0.3, 0.4) is 0 Å². The molecule has 0 saturated carbocycles. The third-order valence-electron chi connectivity index (χ3n) is 2.87. The molecule has 0 aliphatic heterocycles. The number of aryl methyl sites for hydroxylation is 1. The summed E-state index contributed by atoms with van der Waals surface area (Å²) in [7, 11) is -0.736. The molecule has 0 radical (unpaired) electrons. The van der Waals surface area contributed by atoms with Crippen molar-refractivity contribution in [3.63, 3.8) is 0 Å². The van der Waals surface area contributed by atoms with Crippen molar-refractivity contribution >= 4 is 16.7 Å². The summed E-state index contributed by atoms with van der Waals surface area (Å²) in [6.07, 6.45) is 8.83. The van der Waals surface area contributed by atoms with Gasteiger partial charge in [0.05, 0.1) is 0 Å². The maximum Gasteiger partial charge on any atom is 0.202 e. The predicted octanol–water partition coefficient (Wildman–Crippen LogP) is 2.25. The first-order valence-corrected chi connectivity index (χ1v) is 7.84. The molecule has 1 aromatic heterocycles. The summed E-state index contributed by atoms with van der Waals surface area (Å²) in [5, 5.41) is 3.54. The van der Waals surface area contributed by atoms with Gasteiger partial charge in [-0.3, -0.25) is 4.21 Å². The molecular weight excluding hydrogens is 234 g/mol. The van der Waals surface area contributed by atoms with Crippen molar-refractivity contribution in [2.75, 3.05) is 18.1 Å². The smallest absolute Gasteiger partial charge is 0.202 e. The lowest BCUT2D eigenvalue weighted by molar-refractivity contribution is 0.633. The van der Waals surface area contributed by atoms with Gasteiger partial charge < -0.3 is 9.88 Å². The first-order valence-electron chi connectivity index (χ1n) is 6.22. The summed E-state index contributed by atoms with van der Waals surface area (Å²) >= 11 is 0. The van der Waals surface area contributed by atoms with Crippen molar-refractivity contribution in [2.24, 2.45) is 0 Å². The molecule has 1 rings (SSSR count). The molecular formula is C12H23N3OS. The minimum Gasteiger partial charge on any atom is -0.356 e. The van der Waals surface area contributed by atoms with E-state index in [0.29, 0.717) is 0 Å². The second kappa shape index (κ2) is 7.48. The third-order valence-corrected chi connectivity index (χ3v) is 4.24. The summed E-state index contributed by atoms with van der Waals surface area (Å²) in [6.45, 7) is 6.03. The summed E-state index contributed by atoms with van der Waals surface area (Å²) in [4.78, 5) is 4.29. The van der Waals surface area contributed by atoms with Crippen LogP contribution in [-0.4, -0.2) is 31.8 Å². The number of rotatable bonds is 8. The van der Waals surface area contributed by atoms with Crippen LogP contribution in [0.2, 0.25) is 0 Å². The zero-order chi connectivity index (χ0) is 12.7. The van der Waals surface area contributed by atoms with Crippen LogP contribution in [0.25, 0.3) is 0 Å². The van der Waals surface area contributed by atoms with Crippen molar-refractivity contribution in [2.45, 2.75) is 44.9 Å². The second-order valence-electron chi connectivity index (χ2n) is 4.32. The summed E-state index contributed by atoms with van der Waals surface area (Å²) < 4.78 is 13.3. The van der Waals surface area contributed by atoms with Gasteiger partial charge in [0.25, 0.3) is 0 Å². The van der Waals surface area contributed by atoms with Crippen LogP contribution in [0.5, 0.6) is 0 Å². The van der Waals surface area contributed by atoms with Gasteiger partial charge in [0, 0.05) is 47.8 Å². The van der Waals surface area contributed by atoms with E-state index in [1.54, 1.807) is 6.26 Å². The number of hydrogen-bond donors (Lipinski definition) is 1. The van der Waals surface area contributed by atoms with E-state index >= 15 is 0 Å². The molecule has 0 aliphatic carbocycles. The zero-order valence-electron chi connectivity index (χ0n) is 11.0. The Morgan fingerprint density at radius 1 is 1.59 bits per heavy atom. The van der Waals surface area contributed by atoms with E-state index < -0.39 is 10.8 Å². The fraction of sp³-hybridized carbons (Fsp3) is 0.750. The van der Waals surface area contributed by atoms with Crippen molar-refractivity contribution in [3.05, 3.63) is 12.4 Å². The Morgan fingerprint density at radius 3 is 3.00 bits per heavy atom. The molecule has 1 heterocycles. The SMILES string of the molecule is CCCCn1ccnc1NCCC(C)S(C)=O. The highest BCUT2D eigenvalue weighted by Crippen LogP contribution is 2.07. The molecule has 0 bridgehead atoms. The van der Waals surface area contributed by atoms with Gasteiger partial charge in [0.15, 0.2) is 0 Å². The van der Waals surface area contributed by atoms with E-state index in [2.05, 4.69) is 21.8 Å². The molecule has 1 aromatic rings. The Kier molecular flexibility index (Phi) is 6.26. The maximum atomic E-state index is 11.2. The molecule has 1 N–H and O–H groups in total. The Morgan fingerprint density at radius 2 is 2.35 bits per heavy atom. The largest absolute Gasteiger partial charge is 0.356 e. The number of nitrogens with zero attached hydrogens (tertiary/aromatic N) is 2. The van der Waals surface area contributed by atoms with Gasteiger partial charge in [-0.2, -0.15) is 0 Å². The van der Waals surface area contributed by atoms with Crippen molar-refractivity contribution in [1.82, 2.24) is 9.55 Å². The molecule has 0 saturated heterocycles. The topological polar surface area (TPSA) is 46.9 Å². The van der Waals surface area contributed by atoms with Crippen LogP contribution in [0.4, 0.5) is 5.95 Å². The zero-order valence-corrected chi connectivity index (χ0v) is 11.8. The number of unbranched alkanes of at least 4 members (excludes halogenated alkanes) is 1. The molecule has 5 heteroatoms. The maximum absolute atomic E-state index is 11.2. The third kappa shape index (κ3) is 4.89. The fourth-order valence-corrected chi connectivity index (χ4v) is 1.99. The van der Waals surface area contributed by atoms with Crippen LogP contribution in [0.1, 0.15) is 33.1 Å². The average molecular weight is 257 g/mol. The van der Waals surface area contributed by atoms with Crippen LogP contribution < -0.4 is 5.32 Å². The fourth-order valence-electron chi connectivity index (χ4n) is 1.54. The second-order valence-corrected chi connectivity index (χ2v) is 6.12. The molecule has 2 atom stereocenters. The van der Waals surface area contributed by atoms with Gasteiger partial charge in [-0.1, -0.05) is 20.3 Å². The highest BCUT2D eigenvalue weighted by Gasteiger charge is 2.06. The quantitative estimate of drug-likeness (QED) is 0.777. The summed E-state index contributed by atoms with van der Waals surface area (Å²) in [5.74, 6) is 0.924. The molecule has 98 valence electrons. The van der Waals surface area contributed by atoms with Gasteiger partial charge in [-0.05, 0) is 12.8 Å². The first-order chi connectivity index (χ1) is 8.15. The van der Waals surface area contributed by atoms with E-state index in [9.17, 15) is 4.21 Å². The number of aromatic nitrogens is 2. The van der Waals surface area contributed by atoms with E-state index in [1.165, 1.54) is 12.8 Å². The van der Waals surface area contributed by atoms with Crippen molar-refractivity contribution in [1.29, 1.82) is 0 Å². The van der Waals surface area contributed by atoms with Crippen molar-refractivity contribution in [3.8, 4) is 0 Å². The first kappa shape index (κ1) is 14.2. The molecule has 0 fully saturated rings. The van der Waals surface area contributed by atoms with Gasteiger partial charge in [-0.15, -0.1) is 0 Å². The minimum absolute atomic E-state index is 0.238. The number of hydrogen-bond acceptors (Lipinski definition) is 3. The van der Waals surface area contributed by atoms with Crippen LogP contribution in [0, 0.1) is 0 Å². The lowest BCUT2D eigenvalue weighted by atomic mass is 10.3. The molecule has 0 aromatic carbocycles. The van der Waals surface area contributed by atoms with Gasteiger partial charge in [-0.25, -0.2) is 4.98 Å². The molecule has 0 aliphatic rings. The van der Waals surface area contributed by atoms with Gasteiger partial charge in [0.1, 0.15) is 0 Å². The van der Waals surface area contributed by atoms with Crippen LogP contribution >= 0.6 is 0 Å². The Bertz CT molecular complexity index is 351. The lowest BCUT2D eigenvalue weighted by Crippen LogP contribution is -2.16. The Balaban J connectivity index is 2.36. The molecule has 0 amide bonds. The number of nitrogens with one attached hydrogen (secondary N) is 1. The molecule has 4 nitrogen and oxygen atoms in total. The van der Waals surface area contributed by atoms with Gasteiger partial charge in [0.2, 0.25) is 5.95 Å². The average Bonchev–Trinajstić information content (AvgIpc) is 2.73. The molecule has 2 unspecified atom stereocenters. The number of anilines is 1.